The normalized spacial score (nSPS) is 10.4. The van der Waals surface area contributed by atoms with Gasteiger partial charge in [0.05, 0.1) is 7.11 Å². The zero-order valence-electron chi connectivity index (χ0n) is 14.5. The highest BCUT2D eigenvalue weighted by molar-refractivity contribution is 6.30. The molecule has 0 saturated carbocycles. The molecule has 0 aromatic heterocycles. The summed E-state index contributed by atoms with van der Waals surface area (Å²) in [5, 5.41) is 0.715. The summed E-state index contributed by atoms with van der Waals surface area (Å²) in [6, 6.07) is 23.5. The molecule has 3 rings (SSSR count). The lowest BCUT2D eigenvalue weighted by Crippen LogP contribution is -2.20. The number of anilines is 1. The maximum absolute atomic E-state index is 5.90. The third-order valence-corrected chi connectivity index (χ3v) is 4.09. The zero-order chi connectivity index (χ0) is 18.2. The number of hydrogen-bond donors (Lipinski definition) is 2. The van der Waals surface area contributed by atoms with Crippen LogP contribution < -0.4 is 20.3 Å². The van der Waals surface area contributed by atoms with Crippen LogP contribution in [0.2, 0.25) is 5.02 Å². The molecule has 3 aromatic carbocycles. The molecule has 0 heterocycles. The van der Waals surface area contributed by atoms with Crippen molar-refractivity contribution in [2.24, 2.45) is 0 Å². The fraction of sp³-hybridized carbons (Fsp3) is 0.143. The Hall–Kier alpha value is -2.69. The monoisotopic (exact) mass is 368 g/mol. The van der Waals surface area contributed by atoms with Crippen molar-refractivity contribution >= 4 is 17.3 Å². The number of hydrogen-bond acceptors (Lipinski definition) is 4. The number of nitrogens with one attached hydrogen (secondary N) is 2. The van der Waals surface area contributed by atoms with Crippen LogP contribution in [0.25, 0.3) is 0 Å². The van der Waals surface area contributed by atoms with E-state index in [4.69, 9.17) is 21.1 Å². The van der Waals surface area contributed by atoms with Crippen LogP contribution in [0.15, 0.2) is 72.8 Å². The first-order chi connectivity index (χ1) is 12.7. The van der Waals surface area contributed by atoms with Gasteiger partial charge in [0, 0.05) is 17.3 Å². The van der Waals surface area contributed by atoms with Gasteiger partial charge in [0.25, 0.3) is 0 Å². The van der Waals surface area contributed by atoms with Gasteiger partial charge >= 0.3 is 0 Å². The number of hydrazine groups is 1. The highest BCUT2D eigenvalue weighted by Crippen LogP contribution is 2.29. The van der Waals surface area contributed by atoms with Crippen molar-refractivity contribution in [3.05, 3.63) is 88.9 Å². The Balaban J connectivity index is 1.57. The summed E-state index contributed by atoms with van der Waals surface area (Å²) >= 11 is 5.90. The minimum atomic E-state index is 0.459. The van der Waals surface area contributed by atoms with Crippen LogP contribution in [-0.4, -0.2) is 7.11 Å². The molecule has 0 fully saturated rings. The van der Waals surface area contributed by atoms with E-state index in [2.05, 4.69) is 10.9 Å². The van der Waals surface area contributed by atoms with Gasteiger partial charge in [0.1, 0.15) is 6.61 Å². The summed E-state index contributed by atoms with van der Waals surface area (Å²) < 4.78 is 11.3. The molecule has 0 saturated heterocycles. The maximum atomic E-state index is 5.90. The van der Waals surface area contributed by atoms with Crippen LogP contribution in [0.3, 0.4) is 0 Å². The minimum Gasteiger partial charge on any atom is -0.493 e. The average Bonchev–Trinajstić information content (AvgIpc) is 2.69. The Morgan fingerprint density at radius 2 is 1.58 bits per heavy atom. The van der Waals surface area contributed by atoms with Crippen molar-refractivity contribution in [3.8, 4) is 11.5 Å². The Morgan fingerprint density at radius 3 is 2.31 bits per heavy atom. The third-order valence-electron chi connectivity index (χ3n) is 3.83. The van der Waals surface area contributed by atoms with Crippen molar-refractivity contribution in [3.63, 3.8) is 0 Å². The highest BCUT2D eigenvalue weighted by atomic mass is 35.5. The molecule has 5 heteroatoms. The molecular weight excluding hydrogens is 348 g/mol. The molecule has 0 atom stereocenters. The molecule has 0 aliphatic rings. The second-order valence-electron chi connectivity index (χ2n) is 5.74. The van der Waals surface area contributed by atoms with Gasteiger partial charge in [0.2, 0.25) is 0 Å². The molecule has 0 aliphatic heterocycles. The quantitative estimate of drug-likeness (QED) is 0.546. The summed E-state index contributed by atoms with van der Waals surface area (Å²) in [6.07, 6.45) is 0. The van der Waals surface area contributed by atoms with E-state index in [1.165, 1.54) is 0 Å². The number of halogens is 1. The first kappa shape index (κ1) is 18.1. The molecule has 0 spiro atoms. The van der Waals surface area contributed by atoms with Crippen LogP contribution in [0.1, 0.15) is 11.1 Å². The third kappa shape index (κ3) is 5.15. The fourth-order valence-corrected chi connectivity index (χ4v) is 2.58. The van der Waals surface area contributed by atoms with Gasteiger partial charge in [-0.25, -0.2) is 5.43 Å². The molecule has 2 N–H and O–H groups in total. The van der Waals surface area contributed by atoms with Crippen LogP contribution in [-0.2, 0) is 13.2 Å². The van der Waals surface area contributed by atoms with E-state index >= 15 is 0 Å². The lowest BCUT2D eigenvalue weighted by molar-refractivity contribution is 0.284. The second-order valence-corrected chi connectivity index (χ2v) is 6.18. The molecule has 0 amide bonds. The number of para-hydroxylation sites is 1. The fourth-order valence-electron chi connectivity index (χ4n) is 2.45. The van der Waals surface area contributed by atoms with E-state index in [0.29, 0.717) is 29.7 Å². The average molecular weight is 369 g/mol. The maximum Gasteiger partial charge on any atom is 0.161 e. The molecule has 0 unspecified atom stereocenters. The SMILES string of the molecule is COc1cc(CNNc2ccccc2)ccc1OCc1ccc(Cl)cc1. The Labute approximate surface area is 158 Å². The van der Waals surface area contributed by atoms with E-state index in [9.17, 15) is 0 Å². The molecule has 0 radical (unpaired) electrons. The van der Waals surface area contributed by atoms with Crippen molar-refractivity contribution < 1.29 is 9.47 Å². The zero-order valence-corrected chi connectivity index (χ0v) is 15.3. The van der Waals surface area contributed by atoms with Gasteiger partial charge in [0.15, 0.2) is 11.5 Å². The van der Waals surface area contributed by atoms with Crippen LogP contribution >= 0.6 is 11.6 Å². The molecule has 3 aromatic rings. The van der Waals surface area contributed by atoms with Gasteiger partial charge in [-0.15, -0.1) is 0 Å². The predicted molar refractivity (Wildman–Crippen MR) is 106 cm³/mol. The van der Waals surface area contributed by atoms with E-state index in [-0.39, 0.29) is 0 Å². The molecular formula is C21H21ClN2O2. The molecule has 0 bridgehead atoms. The van der Waals surface area contributed by atoms with Crippen LogP contribution in [0.5, 0.6) is 11.5 Å². The lowest BCUT2D eigenvalue weighted by Gasteiger charge is -2.13. The van der Waals surface area contributed by atoms with Crippen LogP contribution in [0, 0.1) is 0 Å². The van der Waals surface area contributed by atoms with E-state index < -0.39 is 0 Å². The Morgan fingerprint density at radius 1 is 0.846 bits per heavy atom. The van der Waals surface area contributed by atoms with Gasteiger partial charge < -0.3 is 14.9 Å². The molecule has 4 nitrogen and oxygen atoms in total. The highest BCUT2D eigenvalue weighted by Gasteiger charge is 2.06. The number of methoxy groups -OCH3 is 1. The van der Waals surface area contributed by atoms with Crippen molar-refractivity contribution in [1.82, 2.24) is 5.43 Å². The van der Waals surface area contributed by atoms with Crippen molar-refractivity contribution in [2.75, 3.05) is 12.5 Å². The van der Waals surface area contributed by atoms with Gasteiger partial charge in [-0.1, -0.05) is 48.0 Å². The first-order valence-electron chi connectivity index (χ1n) is 8.32. The standard InChI is InChI=1S/C21H21ClN2O2/c1-25-21-13-17(14-23-24-19-5-3-2-4-6-19)9-12-20(21)26-15-16-7-10-18(22)11-8-16/h2-13,23-24H,14-15H2,1H3. The summed E-state index contributed by atoms with van der Waals surface area (Å²) in [4.78, 5) is 0. The van der Waals surface area contributed by atoms with E-state index in [1.54, 1.807) is 7.11 Å². The smallest absolute Gasteiger partial charge is 0.161 e. The topological polar surface area (TPSA) is 42.5 Å². The van der Waals surface area contributed by atoms with Crippen LogP contribution in [0.4, 0.5) is 5.69 Å². The van der Waals surface area contributed by atoms with E-state index in [1.807, 2.05) is 72.8 Å². The number of benzene rings is 3. The lowest BCUT2D eigenvalue weighted by atomic mass is 10.2. The van der Waals surface area contributed by atoms with E-state index in [0.717, 1.165) is 16.8 Å². The molecule has 26 heavy (non-hydrogen) atoms. The largest absolute Gasteiger partial charge is 0.493 e. The Kier molecular flexibility index (Phi) is 6.36. The Bertz CT molecular complexity index is 823. The van der Waals surface area contributed by atoms with Gasteiger partial charge in [-0.3, -0.25) is 0 Å². The number of ether oxygens (including phenoxy) is 2. The summed E-state index contributed by atoms with van der Waals surface area (Å²) in [7, 11) is 1.64. The van der Waals surface area contributed by atoms with Gasteiger partial charge in [-0.2, -0.15) is 0 Å². The predicted octanol–water partition coefficient (Wildman–Crippen LogP) is 5.04. The summed E-state index contributed by atoms with van der Waals surface area (Å²) in [5.74, 6) is 1.42. The number of rotatable bonds is 8. The van der Waals surface area contributed by atoms with Crippen molar-refractivity contribution in [1.29, 1.82) is 0 Å². The van der Waals surface area contributed by atoms with Crippen molar-refractivity contribution in [2.45, 2.75) is 13.2 Å². The molecule has 134 valence electrons. The molecule has 0 aliphatic carbocycles. The first-order valence-corrected chi connectivity index (χ1v) is 8.70. The minimum absolute atomic E-state index is 0.459. The van der Waals surface area contributed by atoms with Gasteiger partial charge in [-0.05, 0) is 47.5 Å². The summed E-state index contributed by atoms with van der Waals surface area (Å²) in [6.45, 7) is 1.11. The summed E-state index contributed by atoms with van der Waals surface area (Å²) in [5.41, 5.74) is 9.51. The second kappa shape index (κ2) is 9.13.